The smallest absolute Gasteiger partial charge is 0.297 e. The van der Waals surface area contributed by atoms with Crippen molar-refractivity contribution in [1.29, 1.82) is 0 Å². The Morgan fingerprint density at radius 1 is 1.38 bits per heavy atom. The summed E-state index contributed by atoms with van der Waals surface area (Å²) in [7, 11) is 3.68. The molecule has 1 aromatic heterocycles. The van der Waals surface area contributed by atoms with Crippen LogP contribution >= 0.6 is 0 Å². The summed E-state index contributed by atoms with van der Waals surface area (Å²) in [6, 6.07) is 6.08. The van der Waals surface area contributed by atoms with Gasteiger partial charge in [0, 0.05) is 14.1 Å². The molecule has 0 saturated heterocycles. The first-order valence-corrected chi connectivity index (χ1v) is 4.22. The third-order valence-corrected chi connectivity index (χ3v) is 2.22. The fraction of sp³-hybridized carbons (Fsp3) is 0.300. The van der Waals surface area contributed by atoms with Gasteiger partial charge < -0.3 is 4.42 Å². The number of aryl methyl sites for hydroxylation is 2. The molecule has 0 aliphatic heterocycles. The third-order valence-electron chi connectivity index (χ3n) is 2.22. The number of nitrogens with zero attached hydrogens (tertiary/aromatic N) is 2. The van der Waals surface area contributed by atoms with E-state index in [9.17, 15) is 0 Å². The predicted octanol–water partition coefficient (Wildman–Crippen LogP) is 1.61. The van der Waals surface area contributed by atoms with E-state index < -0.39 is 0 Å². The number of hydrogen-bond acceptors (Lipinski definition) is 2. The van der Waals surface area contributed by atoms with Gasteiger partial charge in [0.1, 0.15) is 0 Å². The lowest BCUT2D eigenvalue weighted by Crippen LogP contribution is -2.10. The van der Waals surface area contributed by atoms with Gasteiger partial charge in [-0.25, -0.2) is 4.99 Å². The summed E-state index contributed by atoms with van der Waals surface area (Å²) in [5.74, 6) is 0. The minimum Gasteiger partial charge on any atom is -0.423 e. The molecule has 2 aromatic rings. The van der Waals surface area contributed by atoms with Gasteiger partial charge in [-0.1, -0.05) is 12.1 Å². The average molecular weight is 176 g/mol. The lowest BCUT2D eigenvalue weighted by molar-refractivity contribution is 0.504. The average Bonchev–Trinajstić information content (AvgIpc) is 2.45. The normalized spacial score (nSPS) is 12.7. The first-order chi connectivity index (χ1) is 6.24. The Bertz CT molecular complexity index is 505. The van der Waals surface area contributed by atoms with Gasteiger partial charge in [-0.3, -0.25) is 4.57 Å². The molecule has 0 unspecified atom stereocenters. The number of rotatable bonds is 0. The molecule has 68 valence electrons. The summed E-state index contributed by atoms with van der Waals surface area (Å²) in [4.78, 5) is 4.04. The van der Waals surface area contributed by atoms with Crippen molar-refractivity contribution < 1.29 is 4.42 Å². The SMILES string of the molecule is C/N=c1/oc2c(C)cccc2n1C. The maximum atomic E-state index is 5.58. The van der Waals surface area contributed by atoms with Crippen molar-refractivity contribution in [2.24, 2.45) is 12.0 Å². The maximum Gasteiger partial charge on any atom is 0.297 e. The van der Waals surface area contributed by atoms with Gasteiger partial charge in [-0.15, -0.1) is 0 Å². The largest absolute Gasteiger partial charge is 0.423 e. The molecule has 0 spiro atoms. The van der Waals surface area contributed by atoms with Crippen LogP contribution in [0.15, 0.2) is 27.6 Å². The van der Waals surface area contributed by atoms with Crippen molar-refractivity contribution in [3.05, 3.63) is 29.4 Å². The van der Waals surface area contributed by atoms with Gasteiger partial charge in [0.05, 0.1) is 5.52 Å². The number of para-hydroxylation sites is 1. The Balaban J connectivity index is 3.00. The summed E-state index contributed by atoms with van der Waals surface area (Å²) in [5.41, 5.74) is 3.80. The quantitative estimate of drug-likeness (QED) is 0.599. The molecule has 0 saturated carbocycles. The Labute approximate surface area is 76.3 Å². The minimum absolute atomic E-state index is 0.657. The van der Waals surface area contributed by atoms with Gasteiger partial charge in [-0.05, 0) is 18.6 Å². The molecule has 0 aliphatic rings. The molecular weight excluding hydrogens is 164 g/mol. The first kappa shape index (κ1) is 8.10. The van der Waals surface area contributed by atoms with Crippen LogP contribution in [0.2, 0.25) is 0 Å². The van der Waals surface area contributed by atoms with E-state index in [1.807, 2.05) is 36.7 Å². The van der Waals surface area contributed by atoms with Crippen molar-refractivity contribution >= 4 is 11.1 Å². The monoisotopic (exact) mass is 176 g/mol. The van der Waals surface area contributed by atoms with Crippen LogP contribution in [-0.4, -0.2) is 11.6 Å². The van der Waals surface area contributed by atoms with E-state index in [0.29, 0.717) is 5.68 Å². The Hall–Kier alpha value is -1.51. The molecule has 3 heteroatoms. The highest BCUT2D eigenvalue weighted by atomic mass is 16.4. The summed E-state index contributed by atoms with van der Waals surface area (Å²) in [6.07, 6.45) is 0. The minimum atomic E-state index is 0.657. The second kappa shape index (κ2) is 2.76. The number of benzene rings is 1. The van der Waals surface area contributed by atoms with Gasteiger partial charge in [0.15, 0.2) is 5.58 Å². The van der Waals surface area contributed by atoms with E-state index >= 15 is 0 Å². The Morgan fingerprint density at radius 3 is 2.77 bits per heavy atom. The highest BCUT2D eigenvalue weighted by molar-refractivity contribution is 5.76. The van der Waals surface area contributed by atoms with Crippen molar-refractivity contribution in [3.63, 3.8) is 0 Å². The first-order valence-electron chi connectivity index (χ1n) is 4.22. The van der Waals surface area contributed by atoms with Crippen LogP contribution in [0.1, 0.15) is 5.56 Å². The van der Waals surface area contributed by atoms with Gasteiger partial charge in [0.25, 0.3) is 5.68 Å². The summed E-state index contributed by atoms with van der Waals surface area (Å²) in [5, 5.41) is 0. The number of hydrogen-bond donors (Lipinski definition) is 0. The second-order valence-electron chi connectivity index (χ2n) is 3.09. The molecule has 0 N–H and O–H groups in total. The van der Waals surface area contributed by atoms with Crippen LogP contribution in [-0.2, 0) is 7.05 Å². The number of fused-ring (bicyclic) bond motifs is 1. The van der Waals surface area contributed by atoms with E-state index in [1.54, 1.807) is 7.05 Å². The van der Waals surface area contributed by atoms with E-state index in [-0.39, 0.29) is 0 Å². The molecule has 0 bridgehead atoms. The molecule has 0 amide bonds. The molecule has 0 fully saturated rings. The number of oxazole rings is 1. The highest BCUT2D eigenvalue weighted by Crippen LogP contribution is 2.15. The van der Waals surface area contributed by atoms with E-state index in [0.717, 1.165) is 16.7 Å². The van der Waals surface area contributed by atoms with Crippen molar-refractivity contribution in [3.8, 4) is 0 Å². The molecule has 1 heterocycles. The highest BCUT2D eigenvalue weighted by Gasteiger charge is 2.04. The Morgan fingerprint density at radius 2 is 2.15 bits per heavy atom. The zero-order chi connectivity index (χ0) is 9.42. The lowest BCUT2D eigenvalue weighted by atomic mass is 10.2. The van der Waals surface area contributed by atoms with E-state index in [1.165, 1.54) is 0 Å². The van der Waals surface area contributed by atoms with Crippen LogP contribution in [0, 0.1) is 6.92 Å². The summed E-state index contributed by atoms with van der Waals surface area (Å²) < 4.78 is 7.52. The standard InChI is InChI=1S/C10H12N2O/c1-7-5-4-6-8-9(7)13-10(11-2)12(8)3/h4-6H,1-3H3/b11-10+. The lowest BCUT2D eigenvalue weighted by Gasteiger charge is -1.93. The van der Waals surface area contributed by atoms with Crippen molar-refractivity contribution in [2.75, 3.05) is 7.05 Å². The van der Waals surface area contributed by atoms with Crippen molar-refractivity contribution in [1.82, 2.24) is 4.57 Å². The molecular formula is C10H12N2O. The maximum absolute atomic E-state index is 5.58. The zero-order valence-corrected chi connectivity index (χ0v) is 8.03. The Kier molecular flexibility index (Phi) is 1.72. The van der Waals surface area contributed by atoms with E-state index in [2.05, 4.69) is 4.99 Å². The van der Waals surface area contributed by atoms with Gasteiger partial charge in [-0.2, -0.15) is 0 Å². The van der Waals surface area contributed by atoms with Gasteiger partial charge >= 0.3 is 0 Å². The fourth-order valence-electron chi connectivity index (χ4n) is 1.49. The molecule has 3 nitrogen and oxygen atoms in total. The van der Waals surface area contributed by atoms with Crippen molar-refractivity contribution in [2.45, 2.75) is 6.92 Å². The summed E-state index contributed by atoms with van der Waals surface area (Å²) in [6.45, 7) is 2.03. The van der Waals surface area contributed by atoms with Crippen LogP contribution in [0.5, 0.6) is 0 Å². The second-order valence-corrected chi connectivity index (χ2v) is 3.09. The fourth-order valence-corrected chi connectivity index (χ4v) is 1.49. The van der Waals surface area contributed by atoms with Gasteiger partial charge in [0.2, 0.25) is 0 Å². The molecule has 0 aliphatic carbocycles. The van der Waals surface area contributed by atoms with Crippen LogP contribution in [0.3, 0.4) is 0 Å². The third kappa shape index (κ3) is 1.08. The van der Waals surface area contributed by atoms with E-state index in [4.69, 9.17) is 4.42 Å². The van der Waals surface area contributed by atoms with Crippen LogP contribution in [0.25, 0.3) is 11.1 Å². The molecule has 1 aromatic carbocycles. The zero-order valence-electron chi connectivity index (χ0n) is 8.03. The summed E-state index contributed by atoms with van der Waals surface area (Å²) >= 11 is 0. The van der Waals surface area contributed by atoms with Crippen LogP contribution in [0.4, 0.5) is 0 Å². The molecule has 0 atom stereocenters. The predicted molar refractivity (Wildman–Crippen MR) is 51.4 cm³/mol. The topological polar surface area (TPSA) is 30.4 Å². The molecule has 0 radical (unpaired) electrons. The van der Waals surface area contributed by atoms with Crippen LogP contribution < -0.4 is 5.68 Å². The molecule has 2 rings (SSSR count). The molecule has 13 heavy (non-hydrogen) atoms. The number of aromatic nitrogens is 1.